The number of hydrogen-bond acceptors (Lipinski definition) is 6. The van der Waals surface area contributed by atoms with Gasteiger partial charge in [0.1, 0.15) is 10.6 Å². The van der Waals surface area contributed by atoms with Crippen LogP contribution in [0.2, 0.25) is 0 Å². The third-order valence-electron chi connectivity index (χ3n) is 1.86. The van der Waals surface area contributed by atoms with E-state index < -0.39 is 11.9 Å². The number of ether oxygens (including phenoxy) is 2. The Morgan fingerprint density at radius 3 is 3.06 bits per heavy atom. The topological polar surface area (TPSA) is 61.3 Å². The van der Waals surface area contributed by atoms with Crippen molar-refractivity contribution < 1.29 is 18.7 Å². The first-order chi connectivity index (χ1) is 8.69. The minimum atomic E-state index is -0.644. The summed E-state index contributed by atoms with van der Waals surface area (Å²) >= 11 is 1.03. The maximum Gasteiger partial charge on any atom is 0.350 e. The number of nitrogens with zero attached hydrogens (tertiary/aromatic N) is 2. The second-order valence-electron chi connectivity index (χ2n) is 3.13. The average Bonchev–Trinajstić information content (AvgIpc) is 2.78. The molecule has 0 atom stereocenters. The van der Waals surface area contributed by atoms with E-state index >= 15 is 0 Å². The normalized spacial score (nSPS) is 10.1. The second kappa shape index (κ2) is 5.54. The lowest BCUT2D eigenvalue weighted by atomic mass is 10.4. The molecule has 0 N–H and O–H groups in total. The molecule has 0 amide bonds. The third kappa shape index (κ3) is 3.01. The summed E-state index contributed by atoms with van der Waals surface area (Å²) in [6.45, 7) is 2.01. The average molecular weight is 268 g/mol. The highest BCUT2D eigenvalue weighted by Gasteiger charge is 2.12. The summed E-state index contributed by atoms with van der Waals surface area (Å²) in [6, 6.07) is 2.62. The first kappa shape index (κ1) is 12.4. The Balaban J connectivity index is 2.09. The van der Waals surface area contributed by atoms with Crippen molar-refractivity contribution in [2.24, 2.45) is 0 Å². The Morgan fingerprint density at radius 1 is 1.50 bits per heavy atom. The summed E-state index contributed by atoms with van der Waals surface area (Å²) in [7, 11) is 0. The highest BCUT2D eigenvalue weighted by molar-refractivity contribution is 7.15. The quantitative estimate of drug-likeness (QED) is 0.630. The molecule has 18 heavy (non-hydrogen) atoms. The van der Waals surface area contributed by atoms with E-state index in [9.17, 15) is 9.18 Å². The molecule has 2 aromatic heterocycles. The second-order valence-corrected chi connectivity index (χ2v) is 4.12. The van der Waals surface area contributed by atoms with E-state index in [-0.39, 0.29) is 10.9 Å². The zero-order valence-electron chi connectivity index (χ0n) is 9.42. The molecule has 0 aliphatic heterocycles. The van der Waals surface area contributed by atoms with E-state index in [0.29, 0.717) is 11.5 Å². The molecule has 0 radical (unpaired) electrons. The van der Waals surface area contributed by atoms with Gasteiger partial charge in [-0.1, -0.05) is 11.3 Å². The molecule has 2 heterocycles. The Labute approximate surface area is 106 Å². The molecule has 0 bridgehead atoms. The molecule has 0 aliphatic rings. The number of carbonyl (C=O) groups excluding carboxylic acids is 1. The van der Waals surface area contributed by atoms with E-state index in [4.69, 9.17) is 9.47 Å². The van der Waals surface area contributed by atoms with Gasteiger partial charge in [0.2, 0.25) is 5.95 Å². The Bertz CT molecular complexity index is 559. The molecule has 0 unspecified atom stereocenters. The van der Waals surface area contributed by atoms with Crippen LogP contribution in [-0.4, -0.2) is 22.5 Å². The molecule has 94 valence electrons. The fraction of sp³-hybridized carbons (Fsp3) is 0.182. The number of pyridine rings is 1. The maximum atomic E-state index is 12.8. The van der Waals surface area contributed by atoms with Gasteiger partial charge in [0.25, 0.3) is 5.19 Å². The van der Waals surface area contributed by atoms with E-state index in [1.165, 1.54) is 18.5 Å². The van der Waals surface area contributed by atoms with Crippen LogP contribution in [0.15, 0.2) is 24.5 Å². The van der Waals surface area contributed by atoms with Crippen LogP contribution >= 0.6 is 11.3 Å². The fourth-order valence-corrected chi connectivity index (χ4v) is 1.83. The summed E-state index contributed by atoms with van der Waals surface area (Å²) in [5.41, 5.74) is 0. The van der Waals surface area contributed by atoms with Gasteiger partial charge in [0.15, 0.2) is 0 Å². The van der Waals surface area contributed by atoms with Gasteiger partial charge in [-0.05, 0) is 13.0 Å². The monoisotopic (exact) mass is 268 g/mol. The van der Waals surface area contributed by atoms with Gasteiger partial charge in [-0.3, -0.25) is 0 Å². The molecule has 5 nitrogen and oxygen atoms in total. The third-order valence-corrected chi connectivity index (χ3v) is 2.72. The SMILES string of the molecule is CCOC(=O)c1cnc(Oc2ccnc(F)c2)s1. The molecule has 0 saturated heterocycles. The Kier molecular flexibility index (Phi) is 3.83. The first-order valence-corrected chi connectivity index (χ1v) is 5.93. The molecule has 0 aliphatic carbocycles. The minimum Gasteiger partial charge on any atom is -0.462 e. The van der Waals surface area contributed by atoms with Crippen LogP contribution in [0.4, 0.5) is 4.39 Å². The van der Waals surface area contributed by atoms with E-state index in [0.717, 1.165) is 17.4 Å². The van der Waals surface area contributed by atoms with Crippen LogP contribution in [0.25, 0.3) is 0 Å². The maximum absolute atomic E-state index is 12.8. The zero-order chi connectivity index (χ0) is 13.0. The van der Waals surface area contributed by atoms with Crippen molar-refractivity contribution in [3.05, 3.63) is 35.4 Å². The van der Waals surface area contributed by atoms with Crippen LogP contribution in [0.3, 0.4) is 0 Å². The largest absolute Gasteiger partial charge is 0.462 e. The van der Waals surface area contributed by atoms with Crippen molar-refractivity contribution in [3.63, 3.8) is 0 Å². The van der Waals surface area contributed by atoms with Crippen LogP contribution < -0.4 is 4.74 Å². The number of halogens is 1. The van der Waals surface area contributed by atoms with Crippen molar-refractivity contribution in [1.29, 1.82) is 0 Å². The van der Waals surface area contributed by atoms with Crippen LogP contribution in [0.1, 0.15) is 16.6 Å². The fourth-order valence-electron chi connectivity index (χ4n) is 1.15. The first-order valence-electron chi connectivity index (χ1n) is 5.11. The minimum absolute atomic E-state index is 0.239. The van der Waals surface area contributed by atoms with Crippen molar-refractivity contribution >= 4 is 17.3 Å². The smallest absolute Gasteiger partial charge is 0.350 e. The van der Waals surface area contributed by atoms with Gasteiger partial charge in [0, 0.05) is 12.3 Å². The van der Waals surface area contributed by atoms with Crippen LogP contribution in [0.5, 0.6) is 10.9 Å². The molecular weight excluding hydrogens is 259 g/mol. The summed E-state index contributed by atoms with van der Waals surface area (Å²) < 4.78 is 22.9. The number of esters is 1. The van der Waals surface area contributed by atoms with Gasteiger partial charge < -0.3 is 9.47 Å². The number of rotatable bonds is 4. The number of hydrogen-bond donors (Lipinski definition) is 0. The van der Waals surface area contributed by atoms with E-state index in [2.05, 4.69) is 9.97 Å². The van der Waals surface area contributed by atoms with Crippen LogP contribution in [-0.2, 0) is 4.74 Å². The molecular formula is C11H9FN2O3S. The number of aromatic nitrogens is 2. The summed E-state index contributed by atoms with van der Waals surface area (Å²) in [6.07, 6.45) is 2.64. The van der Waals surface area contributed by atoms with Gasteiger partial charge in [-0.2, -0.15) is 4.39 Å². The molecule has 7 heteroatoms. The van der Waals surface area contributed by atoms with Crippen molar-refractivity contribution in [1.82, 2.24) is 9.97 Å². The number of carbonyl (C=O) groups is 1. The summed E-state index contributed by atoms with van der Waals surface area (Å²) in [4.78, 5) is 19.0. The lowest BCUT2D eigenvalue weighted by molar-refractivity contribution is 0.0532. The highest BCUT2D eigenvalue weighted by Crippen LogP contribution is 2.26. The van der Waals surface area contributed by atoms with Gasteiger partial charge in [0.05, 0.1) is 12.8 Å². The molecule has 0 saturated carbocycles. The predicted octanol–water partition coefficient (Wildman–Crippen LogP) is 2.65. The predicted molar refractivity (Wildman–Crippen MR) is 62.3 cm³/mol. The van der Waals surface area contributed by atoms with Crippen molar-refractivity contribution in [3.8, 4) is 10.9 Å². The lowest BCUT2D eigenvalue weighted by Crippen LogP contribution is -2.01. The van der Waals surface area contributed by atoms with E-state index in [1.54, 1.807) is 6.92 Å². The molecule has 0 fully saturated rings. The van der Waals surface area contributed by atoms with Crippen LogP contribution in [0, 0.1) is 5.95 Å². The molecule has 0 aromatic carbocycles. The summed E-state index contributed by atoms with van der Waals surface area (Å²) in [5.74, 6) is -0.826. The molecule has 0 spiro atoms. The van der Waals surface area contributed by atoms with Gasteiger partial charge in [-0.15, -0.1) is 0 Å². The van der Waals surface area contributed by atoms with Crippen molar-refractivity contribution in [2.75, 3.05) is 6.61 Å². The summed E-state index contributed by atoms with van der Waals surface area (Å²) in [5, 5.41) is 0.239. The Morgan fingerprint density at radius 2 is 2.33 bits per heavy atom. The Hall–Kier alpha value is -2.02. The highest BCUT2D eigenvalue weighted by atomic mass is 32.1. The van der Waals surface area contributed by atoms with Gasteiger partial charge in [-0.25, -0.2) is 14.8 Å². The lowest BCUT2D eigenvalue weighted by Gasteiger charge is -2.00. The van der Waals surface area contributed by atoms with Gasteiger partial charge >= 0.3 is 5.97 Å². The number of thiazole rings is 1. The molecule has 2 aromatic rings. The molecule has 2 rings (SSSR count). The van der Waals surface area contributed by atoms with Crippen molar-refractivity contribution in [2.45, 2.75) is 6.92 Å². The van der Waals surface area contributed by atoms with E-state index in [1.807, 2.05) is 0 Å². The zero-order valence-corrected chi connectivity index (χ0v) is 10.2. The standard InChI is InChI=1S/C11H9FN2O3S/c1-2-16-10(15)8-6-14-11(18-8)17-7-3-4-13-9(12)5-7/h3-6H,2H2,1H3.